The van der Waals surface area contributed by atoms with Crippen LogP contribution in [0.1, 0.15) is 38.3 Å². The Morgan fingerprint density at radius 3 is 2.09 bits per heavy atom. The molecule has 0 radical (unpaired) electrons. The molecule has 0 saturated carbocycles. The van der Waals surface area contributed by atoms with Gasteiger partial charge in [-0.15, -0.1) is 0 Å². The Hall–Kier alpha value is -2.91. The fourth-order valence-electron chi connectivity index (χ4n) is 3.46. The van der Waals surface area contributed by atoms with Crippen LogP contribution in [0.4, 0.5) is 0 Å². The van der Waals surface area contributed by atoms with Crippen LogP contribution in [0.5, 0.6) is 5.75 Å². The van der Waals surface area contributed by atoms with E-state index in [0.717, 1.165) is 28.1 Å². The van der Waals surface area contributed by atoms with Crippen molar-refractivity contribution in [1.82, 2.24) is 14.5 Å². The van der Waals surface area contributed by atoms with E-state index in [1.165, 1.54) is 4.90 Å². The summed E-state index contributed by atoms with van der Waals surface area (Å²) >= 11 is 0. The second-order valence-electron chi connectivity index (χ2n) is 9.04. The number of rotatable bonds is 13. The highest BCUT2D eigenvalue weighted by Gasteiger charge is 2.29. The number of sulfonamides is 1. The van der Waals surface area contributed by atoms with E-state index in [4.69, 9.17) is 4.74 Å². The Bertz CT molecular complexity index is 1060. The van der Waals surface area contributed by atoms with Crippen LogP contribution in [0.2, 0.25) is 0 Å². The second kappa shape index (κ2) is 13.3. The molecular formula is C26H37N3O5S. The van der Waals surface area contributed by atoms with Gasteiger partial charge in [-0.1, -0.05) is 56.3 Å². The van der Waals surface area contributed by atoms with Crippen LogP contribution in [0.25, 0.3) is 0 Å². The molecule has 2 amide bonds. The molecular weight excluding hydrogens is 466 g/mol. The van der Waals surface area contributed by atoms with Gasteiger partial charge < -0.3 is 15.0 Å². The molecule has 192 valence electrons. The van der Waals surface area contributed by atoms with Crippen LogP contribution in [0.3, 0.4) is 0 Å². The van der Waals surface area contributed by atoms with Crippen LogP contribution >= 0.6 is 0 Å². The predicted octanol–water partition coefficient (Wildman–Crippen LogP) is 3.04. The van der Waals surface area contributed by atoms with E-state index < -0.39 is 22.0 Å². The molecule has 0 aliphatic carbocycles. The number of carbonyl (C=O) groups is 2. The molecule has 0 saturated heterocycles. The molecule has 0 bridgehead atoms. The third-order valence-corrected chi connectivity index (χ3v) is 6.88. The predicted molar refractivity (Wildman–Crippen MR) is 137 cm³/mol. The van der Waals surface area contributed by atoms with Crippen LogP contribution in [-0.2, 0) is 32.7 Å². The molecule has 0 spiro atoms. The normalized spacial score (nSPS) is 12.4. The van der Waals surface area contributed by atoms with Gasteiger partial charge in [0, 0.05) is 19.6 Å². The molecule has 2 rings (SSSR count). The number of nitrogens with zero attached hydrogens (tertiary/aromatic N) is 2. The summed E-state index contributed by atoms with van der Waals surface area (Å²) < 4.78 is 31.3. The van der Waals surface area contributed by atoms with E-state index in [1.807, 2.05) is 42.5 Å². The summed E-state index contributed by atoms with van der Waals surface area (Å²) in [5, 5.41) is 2.89. The monoisotopic (exact) mass is 503 g/mol. The Balaban J connectivity index is 2.25. The zero-order valence-electron chi connectivity index (χ0n) is 21.2. The Morgan fingerprint density at radius 2 is 1.54 bits per heavy atom. The highest BCUT2D eigenvalue weighted by Crippen LogP contribution is 2.16. The lowest BCUT2D eigenvalue weighted by molar-refractivity contribution is -0.140. The van der Waals surface area contributed by atoms with E-state index in [2.05, 4.69) is 19.2 Å². The highest BCUT2D eigenvalue weighted by molar-refractivity contribution is 7.88. The number of benzene rings is 2. The van der Waals surface area contributed by atoms with Crippen molar-refractivity contribution in [3.63, 3.8) is 0 Å². The Morgan fingerprint density at radius 1 is 0.943 bits per heavy atom. The molecule has 0 aromatic heterocycles. The first-order valence-corrected chi connectivity index (χ1v) is 13.5. The molecule has 0 aliphatic heterocycles. The minimum atomic E-state index is -3.67. The molecule has 2 aromatic rings. The van der Waals surface area contributed by atoms with Crippen LogP contribution in [-0.4, -0.2) is 61.9 Å². The second-order valence-corrected chi connectivity index (χ2v) is 11.0. The third-order valence-electron chi connectivity index (χ3n) is 5.68. The summed E-state index contributed by atoms with van der Waals surface area (Å²) in [7, 11) is -2.10. The lowest BCUT2D eigenvalue weighted by atomic mass is 10.1. The number of hydrogen-bond donors (Lipinski definition) is 1. The largest absolute Gasteiger partial charge is 0.497 e. The molecule has 0 fully saturated rings. The lowest BCUT2D eigenvalue weighted by Gasteiger charge is -2.31. The number of amides is 2. The van der Waals surface area contributed by atoms with Crippen molar-refractivity contribution in [2.24, 2.45) is 5.92 Å². The smallest absolute Gasteiger partial charge is 0.242 e. The lowest BCUT2D eigenvalue weighted by Crippen LogP contribution is -2.51. The number of nitrogens with one attached hydrogen (secondary N) is 1. The molecule has 2 aromatic carbocycles. The Labute approximate surface area is 209 Å². The molecule has 0 aliphatic rings. The van der Waals surface area contributed by atoms with Gasteiger partial charge in [-0.05, 0) is 42.5 Å². The van der Waals surface area contributed by atoms with Crippen molar-refractivity contribution in [3.8, 4) is 5.75 Å². The number of carbonyl (C=O) groups excluding carboxylic acids is 2. The minimum absolute atomic E-state index is 0.0662. The van der Waals surface area contributed by atoms with E-state index in [0.29, 0.717) is 18.2 Å². The third kappa shape index (κ3) is 9.33. The van der Waals surface area contributed by atoms with E-state index in [9.17, 15) is 18.0 Å². The first kappa shape index (κ1) is 28.3. The first-order chi connectivity index (χ1) is 16.5. The Kier molecular flexibility index (Phi) is 10.7. The van der Waals surface area contributed by atoms with E-state index >= 15 is 0 Å². The molecule has 9 heteroatoms. The van der Waals surface area contributed by atoms with Crippen LogP contribution in [0, 0.1) is 5.92 Å². The van der Waals surface area contributed by atoms with Crippen molar-refractivity contribution in [2.45, 2.75) is 46.3 Å². The zero-order chi connectivity index (χ0) is 26.0. The van der Waals surface area contributed by atoms with Crippen molar-refractivity contribution in [3.05, 3.63) is 65.7 Å². The van der Waals surface area contributed by atoms with Gasteiger partial charge in [-0.25, -0.2) is 8.42 Å². The molecule has 8 nitrogen and oxygen atoms in total. The molecule has 1 N–H and O–H groups in total. The molecule has 1 atom stereocenters. The minimum Gasteiger partial charge on any atom is -0.497 e. The van der Waals surface area contributed by atoms with Crippen LogP contribution < -0.4 is 10.1 Å². The summed E-state index contributed by atoms with van der Waals surface area (Å²) in [5.74, 6) is 0.385. The van der Waals surface area contributed by atoms with Gasteiger partial charge in [0.05, 0.1) is 19.9 Å². The topological polar surface area (TPSA) is 96.0 Å². The van der Waals surface area contributed by atoms with Gasteiger partial charge in [0.25, 0.3) is 0 Å². The van der Waals surface area contributed by atoms with Crippen LogP contribution in [0.15, 0.2) is 54.6 Å². The molecule has 0 heterocycles. The molecule has 0 unspecified atom stereocenters. The highest BCUT2D eigenvalue weighted by atomic mass is 32.2. The van der Waals surface area contributed by atoms with Gasteiger partial charge in [0.1, 0.15) is 11.8 Å². The van der Waals surface area contributed by atoms with Crippen molar-refractivity contribution in [2.75, 3.05) is 26.5 Å². The zero-order valence-corrected chi connectivity index (χ0v) is 22.0. The summed E-state index contributed by atoms with van der Waals surface area (Å²) in [6.07, 6.45) is 1.91. The van der Waals surface area contributed by atoms with Gasteiger partial charge in [-0.2, -0.15) is 4.31 Å². The van der Waals surface area contributed by atoms with Gasteiger partial charge in [0.15, 0.2) is 0 Å². The average Bonchev–Trinajstić information content (AvgIpc) is 2.81. The quantitative estimate of drug-likeness (QED) is 0.453. The number of hydrogen-bond acceptors (Lipinski definition) is 5. The summed E-state index contributed by atoms with van der Waals surface area (Å²) in [6, 6.07) is 15.5. The molecule has 35 heavy (non-hydrogen) atoms. The maximum Gasteiger partial charge on any atom is 0.242 e. The first-order valence-electron chi connectivity index (χ1n) is 11.7. The number of ether oxygens (including phenoxy) is 1. The average molecular weight is 504 g/mol. The summed E-state index contributed by atoms with van der Waals surface area (Å²) in [4.78, 5) is 27.8. The fourth-order valence-corrected chi connectivity index (χ4v) is 4.19. The van der Waals surface area contributed by atoms with Gasteiger partial charge in [0.2, 0.25) is 21.8 Å². The summed E-state index contributed by atoms with van der Waals surface area (Å²) in [6.45, 7) is 6.17. The standard InChI is InChI=1S/C26H37N3O5S/c1-20(2)15-16-27-26(31)21(3)29(18-23-11-13-24(34-4)14-12-23)25(30)19-28(35(5,32)33)17-22-9-7-6-8-10-22/h6-14,20-21H,15-19H2,1-5H3,(H,27,31)/t21-/m0/s1. The van der Waals surface area contributed by atoms with Crippen molar-refractivity contribution >= 4 is 21.8 Å². The maximum atomic E-state index is 13.5. The number of methoxy groups -OCH3 is 1. The summed E-state index contributed by atoms with van der Waals surface area (Å²) in [5.41, 5.74) is 1.57. The van der Waals surface area contributed by atoms with Gasteiger partial charge >= 0.3 is 0 Å². The fraction of sp³-hybridized carbons (Fsp3) is 0.462. The van der Waals surface area contributed by atoms with Gasteiger partial charge in [-0.3, -0.25) is 9.59 Å². The van der Waals surface area contributed by atoms with E-state index in [-0.39, 0.29) is 25.5 Å². The van der Waals surface area contributed by atoms with Crippen molar-refractivity contribution in [1.29, 1.82) is 0 Å². The SMILES string of the molecule is COc1ccc(CN(C(=O)CN(Cc2ccccc2)S(C)(=O)=O)[C@@H](C)C(=O)NCCC(C)C)cc1. The maximum absolute atomic E-state index is 13.5. The van der Waals surface area contributed by atoms with E-state index in [1.54, 1.807) is 26.2 Å². The van der Waals surface area contributed by atoms with Crippen molar-refractivity contribution < 1.29 is 22.7 Å².